The van der Waals surface area contributed by atoms with Gasteiger partial charge in [-0.2, -0.15) is 0 Å². The molecule has 1 saturated heterocycles. The summed E-state index contributed by atoms with van der Waals surface area (Å²) in [6.07, 6.45) is 3.81. The standard InChI is InChI=1S/C18H17ClN6O/c19-15-6-2-1-5-14(15)18(26)21-16-11-13(25-12-20-22-23-25)7-8-17(16)24-9-3-4-10-24/h1-2,5-8,11-12H,3-4,9-10H2,(H,21,26). The van der Waals surface area contributed by atoms with Crippen LogP contribution in [0, 0.1) is 0 Å². The summed E-state index contributed by atoms with van der Waals surface area (Å²) in [7, 11) is 0. The molecule has 7 nitrogen and oxygen atoms in total. The average Bonchev–Trinajstić information content (AvgIpc) is 3.36. The van der Waals surface area contributed by atoms with E-state index in [1.807, 2.05) is 18.2 Å². The highest BCUT2D eigenvalue weighted by atomic mass is 35.5. The van der Waals surface area contributed by atoms with Crippen LogP contribution in [0.25, 0.3) is 5.69 Å². The Hall–Kier alpha value is -2.93. The summed E-state index contributed by atoms with van der Waals surface area (Å²) in [5.41, 5.74) is 2.91. The maximum atomic E-state index is 12.7. The monoisotopic (exact) mass is 368 g/mol. The molecule has 3 aromatic rings. The topological polar surface area (TPSA) is 75.9 Å². The van der Waals surface area contributed by atoms with Crippen LogP contribution >= 0.6 is 11.6 Å². The van der Waals surface area contributed by atoms with Gasteiger partial charge in [-0.25, -0.2) is 4.68 Å². The molecule has 132 valence electrons. The molecule has 1 aromatic heterocycles. The van der Waals surface area contributed by atoms with E-state index in [0.29, 0.717) is 16.3 Å². The van der Waals surface area contributed by atoms with E-state index >= 15 is 0 Å². The Bertz CT molecular complexity index is 921. The second kappa shape index (κ2) is 7.13. The second-order valence-corrected chi connectivity index (χ2v) is 6.49. The number of nitrogens with one attached hydrogen (secondary N) is 1. The Morgan fingerprint density at radius 1 is 1.12 bits per heavy atom. The van der Waals surface area contributed by atoms with E-state index in [9.17, 15) is 4.79 Å². The van der Waals surface area contributed by atoms with E-state index in [1.54, 1.807) is 28.9 Å². The number of hydrogen-bond donors (Lipinski definition) is 1. The number of tetrazole rings is 1. The second-order valence-electron chi connectivity index (χ2n) is 6.08. The molecule has 1 aliphatic rings. The van der Waals surface area contributed by atoms with E-state index in [1.165, 1.54) is 6.33 Å². The Kier molecular flexibility index (Phi) is 4.53. The highest BCUT2D eigenvalue weighted by Gasteiger charge is 2.19. The van der Waals surface area contributed by atoms with Crippen LogP contribution in [0.15, 0.2) is 48.8 Å². The maximum Gasteiger partial charge on any atom is 0.257 e. The van der Waals surface area contributed by atoms with Gasteiger partial charge in [-0.15, -0.1) is 5.10 Å². The minimum absolute atomic E-state index is 0.245. The number of carbonyl (C=O) groups is 1. The lowest BCUT2D eigenvalue weighted by atomic mass is 10.1. The minimum atomic E-state index is -0.245. The van der Waals surface area contributed by atoms with Crippen molar-refractivity contribution in [2.45, 2.75) is 12.8 Å². The molecule has 0 aliphatic carbocycles. The van der Waals surface area contributed by atoms with Crippen LogP contribution in [0.5, 0.6) is 0 Å². The number of hydrogen-bond acceptors (Lipinski definition) is 5. The van der Waals surface area contributed by atoms with Crippen molar-refractivity contribution in [1.29, 1.82) is 0 Å². The van der Waals surface area contributed by atoms with Crippen molar-refractivity contribution in [3.63, 3.8) is 0 Å². The molecule has 0 unspecified atom stereocenters. The fourth-order valence-corrected chi connectivity index (χ4v) is 3.34. The lowest BCUT2D eigenvalue weighted by molar-refractivity contribution is 0.102. The summed E-state index contributed by atoms with van der Waals surface area (Å²) >= 11 is 6.16. The molecule has 0 spiro atoms. The average molecular weight is 369 g/mol. The predicted octanol–water partition coefficient (Wildman–Crippen LogP) is 3.17. The normalized spacial score (nSPS) is 13.8. The van der Waals surface area contributed by atoms with Gasteiger partial charge >= 0.3 is 0 Å². The maximum absolute atomic E-state index is 12.7. The van der Waals surface area contributed by atoms with Crippen LogP contribution in [-0.2, 0) is 0 Å². The molecule has 1 amide bonds. The van der Waals surface area contributed by atoms with Crippen molar-refractivity contribution < 1.29 is 4.79 Å². The van der Waals surface area contributed by atoms with Crippen molar-refractivity contribution in [2.24, 2.45) is 0 Å². The van der Waals surface area contributed by atoms with Crippen LogP contribution in [0.2, 0.25) is 5.02 Å². The fraction of sp³-hybridized carbons (Fsp3) is 0.222. The molecule has 1 aliphatic heterocycles. The lowest BCUT2D eigenvalue weighted by Crippen LogP contribution is -2.21. The van der Waals surface area contributed by atoms with Gasteiger partial charge in [0.25, 0.3) is 5.91 Å². The lowest BCUT2D eigenvalue weighted by Gasteiger charge is -2.22. The zero-order chi connectivity index (χ0) is 17.9. The van der Waals surface area contributed by atoms with Crippen LogP contribution in [0.1, 0.15) is 23.2 Å². The first-order valence-corrected chi connectivity index (χ1v) is 8.78. The van der Waals surface area contributed by atoms with Crippen LogP contribution in [0.3, 0.4) is 0 Å². The molecule has 0 radical (unpaired) electrons. The largest absolute Gasteiger partial charge is 0.370 e. The summed E-state index contributed by atoms with van der Waals surface area (Å²) < 4.78 is 1.55. The third-order valence-electron chi connectivity index (χ3n) is 4.41. The van der Waals surface area contributed by atoms with Crippen molar-refractivity contribution in [3.8, 4) is 5.69 Å². The Morgan fingerprint density at radius 3 is 2.65 bits per heavy atom. The van der Waals surface area contributed by atoms with E-state index in [2.05, 4.69) is 25.7 Å². The molecular weight excluding hydrogens is 352 g/mol. The van der Waals surface area contributed by atoms with Crippen LogP contribution < -0.4 is 10.2 Å². The van der Waals surface area contributed by atoms with Gasteiger partial charge in [0.15, 0.2) is 0 Å². The SMILES string of the molecule is O=C(Nc1cc(-n2cnnn2)ccc1N1CCCC1)c1ccccc1Cl. The number of rotatable bonds is 4. The Labute approximate surface area is 155 Å². The molecule has 2 aromatic carbocycles. The summed E-state index contributed by atoms with van der Waals surface area (Å²) in [5, 5.41) is 14.7. The summed E-state index contributed by atoms with van der Waals surface area (Å²) in [6.45, 7) is 1.94. The number of nitrogens with zero attached hydrogens (tertiary/aromatic N) is 5. The van der Waals surface area contributed by atoms with Gasteiger partial charge in [0.2, 0.25) is 0 Å². The van der Waals surface area contributed by atoms with Gasteiger partial charge in [-0.3, -0.25) is 4.79 Å². The van der Waals surface area contributed by atoms with E-state index in [-0.39, 0.29) is 5.91 Å². The summed E-state index contributed by atoms with van der Waals surface area (Å²) in [6, 6.07) is 12.8. The zero-order valence-corrected chi connectivity index (χ0v) is 14.7. The third kappa shape index (κ3) is 3.25. The molecule has 26 heavy (non-hydrogen) atoms. The molecule has 0 bridgehead atoms. The minimum Gasteiger partial charge on any atom is -0.370 e. The number of carbonyl (C=O) groups excluding carboxylic acids is 1. The molecular formula is C18H17ClN6O. The number of amides is 1. The van der Waals surface area contributed by atoms with E-state index < -0.39 is 0 Å². The first-order chi connectivity index (χ1) is 12.7. The van der Waals surface area contributed by atoms with Crippen LogP contribution in [0.4, 0.5) is 11.4 Å². The highest BCUT2D eigenvalue weighted by Crippen LogP contribution is 2.31. The third-order valence-corrected chi connectivity index (χ3v) is 4.74. The zero-order valence-electron chi connectivity index (χ0n) is 14.0. The molecule has 1 N–H and O–H groups in total. The van der Waals surface area contributed by atoms with Crippen molar-refractivity contribution in [3.05, 3.63) is 59.4 Å². The van der Waals surface area contributed by atoms with E-state index in [0.717, 1.165) is 37.3 Å². The first-order valence-electron chi connectivity index (χ1n) is 8.40. The summed E-state index contributed by atoms with van der Waals surface area (Å²) in [5.74, 6) is -0.245. The first kappa shape index (κ1) is 16.5. The molecule has 4 rings (SSSR count). The highest BCUT2D eigenvalue weighted by molar-refractivity contribution is 6.34. The molecule has 0 atom stereocenters. The fourth-order valence-electron chi connectivity index (χ4n) is 3.12. The number of aromatic nitrogens is 4. The summed E-state index contributed by atoms with van der Waals surface area (Å²) in [4.78, 5) is 15.0. The van der Waals surface area contributed by atoms with Gasteiger partial charge in [0.05, 0.1) is 27.6 Å². The molecule has 8 heteroatoms. The molecule has 2 heterocycles. The van der Waals surface area contributed by atoms with Crippen molar-refractivity contribution in [2.75, 3.05) is 23.3 Å². The quantitative estimate of drug-likeness (QED) is 0.765. The van der Waals surface area contributed by atoms with Crippen molar-refractivity contribution in [1.82, 2.24) is 20.2 Å². The molecule has 0 saturated carbocycles. The smallest absolute Gasteiger partial charge is 0.257 e. The Balaban J connectivity index is 1.70. The number of halogens is 1. The van der Waals surface area contributed by atoms with E-state index in [4.69, 9.17) is 11.6 Å². The Morgan fingerprint density at radius 2 is 1.92 bits per heavy atom. The van der Waals surface area contributed by atoms with Gasteiger partial charge in [0, 0.05) is 13.1 Å². The van der Waals surface area contributed by atoms with Crippen LogP contribution in [-0.4, -0.2) is 39.2 Å². The predicted molar refractivity (Wildman–Crippen MR) is 100 cm³/mol. The molecule has 1 fully saturated rings. The number of anilines is 2. The number of benzene rings is 2. The van der Waals surface area contributed by atoms with Gasteiger partial charge in [-0.1, -0.05) is 23.7 Å². The van der Waals surface area contributed by atoms with Gasteiger partial charge in [0.1, 0.15) is 6.33 Å². The van der Waals surface area contributed by atoms with Crippen molar-refractivity contribution >= 4 is 28.9 Å². The van der Waals surface area contributed by atoms with Gasteiger partial charge < -0.3 is 10.2 Å². The van der Waals surface area contributed by atoms with Gasteiger partial charge in [-0.05, 0) is 53.6 Å².